The number of sulfonamides is 1. The quantitative estimate of drug-likeness (QED) is 0.796. The minimum absolute atomic E-state index is 0.00194. The first-order chi connectivity index (χ1) is 10.1. The standard InChI is InChI=1S/C14H23N3O3S/c1-2-15-14-11-13(7-8-16-14)21(19,20)17(9-10-18)12-5-3-4-6-12/h7-8,11-12,18H,2-6,9-10H2,1H3,(H,15,16). The van der Waals surface area contributed by atoms with Crippen molar-refractivity contribution >= 4 is 15.8 Å². The zero-order valence-electron chi connectivity index (χ0n) is 12.3. The second kappa shape index (κ2) is 7.20. The van der Waals surface area contributed by atoms with E-state index in [4.69, 9.17) is 0 Å². The molecule has 0 saturated heterocycles. The minimum Gasteiger partial charge on any atom is -0.395 e. The predicted molar refractivity (Wildman–Crippen MR) is 81.6 cm³/mol. The number of nitrogens with zero attached hydrogens (tertiary/aromatic N) is 2. The summed E-state index contributed by atoms with van der Waals surface area (Å²) in [6.07, 6.45) is 5.31. The van der Waals surface area contributed by atoms with Gasteiger partial charge in [0.25, 0.3) is 0 Å². The van der Waals surface area contributed by atoms with Gasteiger partial charge in [-0.05, 0) is 25.8 Å². The van der Waals surface area contributed by atoms with E-state index < -0.39 is 10.0 Å². The number of hydrogen-bond acceptors (Lipinski definition) is 5. The van der Waals surface area contributed by atoms with E-state index in [9.17, 15) is 13.5 Å². The third kappa shape index (κ3) is 3.72. The lowest BCUT2D eigenvalue weighted by Crippen LogP contribution is -2.40. The molecule has 1 aliphatic carbocycles. The third-order valence-corrected chi connectivity index (χ3v) is 5.70. The van der Waals surface area contributed by atoms with Gasteiger partial charge in [0.2, 0.25) is 10.0 Å². The Morgan fingerprint density at radius 3 is 2.76 bits per heavy atom. The molecule has 0 atom stereocenters. The van der Waals surface area contributed by atoms with E-state index in [0.717, 1.165) is 25.7 Å². The fourth-order valence-corrected chi connectivity index (χ4v) is 4.46. The summed E-state index contributed by atoms with van der Waals surface area (Å²) in [7, 11) is -3.59. The van der Waals surface area contributed by atoms with Crippen molar-refractivity contribution in [3.63, 3.8) is 0 Å². The molecular formula is C14H23N3O3S. The fraction of sp³-hybridized carbons (Fsp3) is 0.643. The largest absolute Gasteiger partial charge is 0.395 e. The third-order valence-electron chi connectivity index (χ3n) is 3.75. The minimum atomic E-state index is -3.59. The highest BCUT2D eigenvalue weighted by Crippen LogP contribution is 2.28. The lowest BCUT2D eigenvalue weighted by molar-refractivity contribution is 0.226. The van der Waals surface area contributed by atoms with E-state index >= 15 is 0 Å². The summed E-state index contributed by atoms with van der Waals surface area (Å²) in [5.74, 6) is 0.550. The summed E-state index contributed by atoms with van der Waals surface area (Å²) in [4.78, 5) is 4.33. The maximum atomic E-state index is 12.8. The van der Waals surface area contributed by atoms with E-state index in [-0.39, 0.29) is 24.1 Å². The normalized spacial score (nSPS) is 16.5. The van der Waals surface area contributed by atoms with Gasteiger partial charge < -0.3 is 10.4 Å². The van der Waals surface area contributed by atoms with Crippen LogP contribution in [0.2, 0.25) is 0 Å². The average Bonchev–Trinajstić information content (AvgIpc) is 2.99. The zero-order valence-corrected chi connectivity index (χ0v) is 13.1. The van der Waals surface area contributed by atoms with Crippen LogP contribution in [0.25, 0.3) is 0 Å². The molecule has 7 heteroatoms. The van der Waals surface area contributed by atoms with E-state index in [0.29, 0.717) is 12.4 Å². The molecule has 118 valence electrons. The average molecular weight is 313 g/mol. The molecule has 6 nitrogen and oxygen atoms in total. The maximum absolute atomic E-state index is 12.8. The molecule has 0 radical (unpaired) electrons. The van der Waals surface area contributed by atoms with E-state index in [1.807, 2.05) is 6.92 Å². The SMILES string of the molecule is CCNc1cc(S(=O)(=O)N(CCO)C2CCCC2)ccn1. The van der Waals surface area contributed by atoms with Crippen molar-refractivity contribution < 1.29 is 13.5 Å². The Morgan fingerprint density at radius 2 is 2.14 bits per heavy atom. The van der Waals surface area contributed by atoms with E-state index in [1.165, 1.54) is 16.6 Å². The fourth-order valence-electron chi connectivity index (χ4n) is 2.77. The molecule has 21 heavy (non-hydrogen) atoms. The van der Waals surface area contributed by atoms with Crippen LogP contribution in [0.15, 0.2) is 23.2 Å². The first kappa shape index (κ1) is 16.2. The van der Waals surface area contributed by atoms with Gasteiger partial charge >= 0.3 is 0 Å². The number of aromatic nitrogens is 1. The van der Waals surface area contributed by atoms with Crippen molar-refractivity contribution in [2.24, 2.45) is 0 Å². The van der Waals surface area contributed by atoms with Crippen LogP contribution in [0.4, 0.5) is 5.82 Å². The molecule has 0 unspecified atom stereocenters. The molecule has 0 aromatic carbocycles. The highest BCUT2D eigenvalue weighted by atomic mass is 32.2. The molecule has 0 aliphatic heterocycles. The van der Waals surface area contributed by atoms with Gasteiger partial charge in [-0.15, -0.1) is 0 Å². The zero-order chi connectivity index (χ0) is 15.3. The molecule has 1 aliphatic rings. The molecule has 0 amide bonds. The molecule has 1 aromatic rings. The van der Waals surface area contributed by atoms with Crippen LogP contribution in [0.5, 0.6) is 0 Å². The smallest absolute Gasteiger partial charge is 0.243 e. The van der Waals surface area contributed by atoms with Gasteiger partial charge in [-0.25, -0.2) is 13.4 Å². The van der Waals surface area contributed by atoms with Crippen LogP contribution in [0, 0.1) is 0 Å². The Labute approximate surface area is 126 Å². The Bertz CT molecular complexity index is 556. The topological polar surface area (TPSA) is 82.5 Å². The van der Waals surface area contributed by atoms with Gasteiger partial charge in [-0.1, -0.05) is 12.8 Å². The maximum Gasteiger partial charge on any atom is 0.243 e. The molecule has 1 aromatic heterocycles. The number of anilines is 1. The molecule has 0 spiro atoms. The highest BCUT2D eigenvalue weighted by Gasteiger charge is 2.32. The van der Waals surface area contributed by atoms with Crippen molar-refractivity contribution in [3.8, 4) is 0 Å². The number of aliphatic hydroxyl groups excluding tert-OH is 1. The van der Waals surface area contributed by atoms with Crippen LogP contribution < -0.4 is 5.32 Å². The van der Waals surface area contributed by atoms with Crippen molar-refractivity contribution in [2.75, 3.05) is 25.0 Å². The lowest BCUT2D eigenvalue weighted by atomic mass is 10.2. The monoisotopic (exact) mass is 313 g/mol. The van der Waals surface area contributed by atoms with Crippen molar-refractivity contribution in [1.29, 1.82) is 0 Å². The molecule has 0 bridgehead atoms. The summed E-state index contributed by atoms with van der Waals surface area (Å²) in [5, 5.41) is 12.2. The summed E-state index contributed by atoms with van der Waals surface area (Å²) < 4.78 is 27.1. The summed E-state index contributed by atoms with van der Waals surface area (Å²) in [5.41, 5.74) is 0. The van der Waals surface area contributed by atoms with Gasteiger partial charge in [0, 0.05) is 31.4 Å². The van der Waals surface area contributed by atoms with Crippen molar-refractivity contribution in [2.45, 2.75) is 43.5 Å². The van der Waals surface area contributed by atoms with Crippen LogP contribution in [-0.2, 0) is 10.0 Å². The first-order valence-electron chi connectivity index (χ1n) is 7.42. The molecule has 1 heterocycles. The molecule has 1 fully saturated rings. The highest BCUT2D eigenvalue weighted by molar-refractivity contribution is 7.89. The predicted octanol–water partition coefficient (Wildman–Crippen LogP) is 1.44. The molecule has 2 rings (SSSR count). The van der Waals surface area contributed by atoms with Gasteiger partial charge in [0.1, 0.15) is 5.82 Å². The number of rotatable bonds is 7. The summed E-state index contributed by atoms with van der Waals surface area (Å²) >= 11 is 0. The molecular weight excluding hydrogens is 290 g/mol. The number of nitrogens with one attached hydrogen (secondary N) is 1. The number of aliphatic hydroxyl groups is 1. The molecule has 2 N–H and O–H groups in total. The second-order valence-electron chi connectivity index (χ2n) is 5.18. The molecule has 1 saturated carbocycles. The van der Waals surface area contributed by atoms with Crippen LogP contribution in [-0.4, -0.2) is 48.6 Å². The lowest BCUT2D eigenvalue weighted by Gasteiger charge is -2.27. The van der Waals surface area contributed by atoms with Crippen molar-refractivity contribution in [3.05, 3.63) is 18.3 Å². The van der Waals surface area contributed by atoms with Crippen LogP contribution in [0.1, 0.15) is 32.6 Å². The van der Waals surface area contributed by atoms with Crippen LogP contribution >= 0.6 is 0 Å². The Kier molecular flexibility index (Phi) is 5.55. The first-order valence-corrected chi connectivity index (χ1v) is 8.86. The number of hydrogen-bond donors (Lipinski definition) is 2. The Morgan fingerprint density at radius 1 is 1.43 bits per heavy atom. The summed E-state index contributed by atoms with van der Waals surface area (Å²) in [6.45, 7) is 2.59. The Hall–Kier alpha value is -1.18. The van der Waals surface area contributed by atoms with E-state index in [1.54, 1.807) is 6.07 Å². The van der Waals surface area contributed by atoms with Crippen molar-refractivity contribution in [1.82, 2.24) is 9.29 Å². The van der Waals surface area contributed by atoms with Crippen LogP contribution in [0.3, 0.4) is 0 Å². The van der Waals surface area contributed by atoms with Gasteiger partial charge in [-0.3, -0.25) is 0 Å². The van der Waals surface area contributed by atoms with Gasteiger partial charge in [0.15, 0.2) is 0 Å². The van der Waals surface area contributed by atoms with E-state index in [2.05, 4.69) is 10.3 Å². The number of pyridine rings is 1. The summed E-state index contributed by atoms with van der Waals surface area (Å²) in [6, 6.07) is 3.06. The van der Waals surface area contributed by atoms with Gasteiger partial charge in [0.05, 0.1) is 11.5 Å². The second-order valence-corrected chi connectivity index (χ2v) is 7.08. The van der Waals surface area contributed by atoms with Gasteiger partial charge in [-0.2, -0.15) is 4.31 Å². The Balaban J connectivity index is 2.30.